The number of aromatic amines is 1. The molecule has 3 heterocycles. The van der Waals surface area contributed by atoms with Crippen LogP contribution < -0.4 is 5.56 Å². The number of H-pyrrole nitrogens is 1. The van der Waals surface area contributed by atoms with Crippen molar-refractivity contribution in [2.24, 2.45) is 0 Å². The predicted molar refractivity (Wildman–Crippen MR) is 103 cm³/mol. The Morgan fingerprint density at radius 1 is 1.36 bits per heavy atom. The second kappa shape index (κ2) is 6.61. The van der Waals surface area contributed by atoms with Crippen LogP contribution in [0.4, 0.5) is 13.2 Å². The molecule has 0 fully saturated rings. The summed E-state index contributed by atoms with van der Waals surface area (Å²) in [4.78, 5) is 18.6. The van der Waals surface area contributed by atoms with E-state index in [2.05, 4.69) is 9.97 Å². The van der Waals surface area contributed by atoms with Crippen LogP contribution in [0.15, 0.2) is 34.6 Å². The Bertz CT molecular complexity index is 1250. The van der Waals surface area contributed by atoms with Crippen molar-refractivity contribution in [1.82, 2.24) is 14.5 Å². The van der Waals surface area contributed by atoms with Gasteiger partial charge in [-0.05, 0) is 24.6 Å². The molecule has 0 saturated heterocycles. The first kappa shape index (κ1) is 19.0. The monoisotopic (exact) mass is 427 g/mol. The summed E-state index contributed by atoms with van der Waals surface area (Å²) in [5.41, 5.74) is 1.71. The molecular formula is C18H13ClF3N3O2S. The van der Waals surface area contributed by atoms with Crippen LogP contribution in [0, 0.1) is 6.92 Å². The van der Waals surface area contributed by atoms with Crippen molar-refractivity contribution in [3.63, 3.8) is 0 Å². The Morgan fingerprint density at radius 3 is 2.75 bits per heavy atom. The van der Waals surface area contributed by atoms with Gasteiger partial charge in [-0.2, -0.15) is 13.2 Å². The van der Waals surface area contributed by atoms with Crippen molar-refractivity contribution in [3.05, 3.63) is 50.7 Å². The minimum Gasteiger partial charge on any atom is -0.382 e. The molecule has 28 heavy (non-hydrogen) atoms. The minimum absolute atomic E-state index is 0.201. The van der Waals surface area contributed by atoms with Crippen LogP contribution in [0.25, 0.3) is 32.5 Å². The standard InChI is InChI=1S/C18H13ClF3N3O2S/c1-8-14-11(3-2-10-15(14)9(19)6-13(27)24-10)25(7-12(26)18(20,21)22)16(8)17-23-4-5-28-17/h2-6,12,26H,7H2,1H3,(H,24,27)/t12-/m0/s1. The Hall–Kier alpha value is -2.36. The van der Waals surface area contributed by atoms with Crippen LogP contribution in [0.5, 0.6) is 0 Å². The number of aliphatic hydroxyl groups is 1. The number of benzene rings is 1. The van der Waals surface area contributed by atoms with Crippen LogP contribution in [0.1, 0.15) is 5.56 Å². The Kier molecular flexibility index (Phi) is 4.48. The summed E-state index contributed by atoms with van der Waals surface area (Å²) >= 11 is 7.59. The lowest BCUT2D eigenvalue weighted by atomic mass is 10.1. The van der Waals surface area contributed by atoms with E-state index in [9.17, 15) is 23.1 Å². The third-order valence-electron chi connectivity index (χ3n) is 4.60. The van der Waals surface area contributed by atoms with Gasteiger partial charge in [0.2, 0.25) is 5.56 Å². The molecular weight excluding hydrogens is 415 g/mol. The van der Waals surface area contributed by atoms with E-state index in [4.69, 9.17) is 11.6 Å². The highest BCUT2D eigenvalue weighted by molar-refractivity contribution is 7.13. The molecule has 10 heteroatoms. The summed E-state index contributed by atoms with van der Waals surface area (Å²) in [5, 5.41) is 13.3. The fourth-order valence-electron chi connectivity index (χ4n) is 3.43. The Balaban J connectivity index is 2.10. The lowest BCUT2D eigenvalue weighted by Crippen LogP contribution is -2.32. The maximum absolute atomic E-state index is 13.0. The van der Waals surface area contributed by atoms with Crippen molar-refractivity contribution in [2.45, 2.75) is 25.7 Å². The average Bonchev–Trinajstić information content (AvgIpc) is 3.21. The fourth-order valence-corrected chi connectivity index (χ4v) is 4.47. The van der Waals surface area contributed by atoms with Gasteiger partial charge < -0.3 is 14.7 Å². The first-order chi connectivity index (χ1) is 13.2. The maximum atomic E-state index is 13.0. The number of nitrogens with zero attached hydrogens (tertiary/aromatic N) is 2. The van der Waals surface area contributed by atoms with Gasteiger partial charge in [0.05, 0.1) is 22.8 Å². The first-order valence-electron chi connectivity index (χ1n) is 8.17. The molecule has 0 unspecified atom stereocenters. The van der Waals surface area contributed by atoms with Gasteiger partial charge in [-0.25, -0.2) is 4.98 Å². The number of rotatable bonds is 3. The van der Waals surface area contributed by atoms with Gasteiger partial charge in [-0.15, -0.1) is 11.3 Å². The molecule has 1 aromatic carbocycles. The molecule has 0 bridgehead atoms. The smallest absolute Gasteiger partial charge is 0.382 e. The second-order valence-corrected chi connectivity index (χ2v) is 7.64. The van der Waals surface area contributed by atoms with Gasteiger partial charge in [0.15, 0.2) is 6.10 Å². The number of thiazole rings is 1. The molecule has 3 aromatic heterocycles. The van der Waals surface area contributed by atoms with Gasteiger partial charge in [0.1, 0.15) is 5.01 Å². The SMILES string of the molecule is Cc1c(-c2nccs2)n(C[C@H](O)C(F)(F)F)c2ccc3[nH]c(=O)cc(Cl)c3c12. The average molecular weight is 428 g/mol. The predicted octanol–water partition coefficient (Wildman–Crippen LogP) is 4.49. The van der Waals surface area contributed by atoms with Crippen molar-refractivity contribution in [3.8, 4) is 10.7 Å². The molecule has 0 amide bonds. The normalized spacial score (nSPS) is 13.5. The highest BCUT2D eigenvalue weighted by Crippen LogP contribution is 2.40. The van der Waals surface area contributed by atoms with Crippen molar-refractivity contribution >= 4 is 44.7 Å². The summed E-state index contributed by atoms with van der Waals surface area (Å²) in [6.07, 6.45) is -5.74. The summed E-state index contributed by atoms with van der Waals surface area (Å²) in [6, 6.07) is 4.43. The zero-order chi connectivity index (χ0) is 20.2. The topological polar surface area (TPSA) is 70.9 Å². The molecule has 1 atom stereocenters. The number of nitrogens with one attached hydrogen (secondary N) is 1. The molecule has 0 radical (unpaired) electrons. The van der Waals surface area contributed by atoms with Gasteiger partial charge in [-0.1, -0.05) is 11.6 Å². The molecule has 0 spiro atoms. The number of halogens is 4. The highest BCUT2D eigenvalue weighted by Gasteiger charge is 2.39. The van der Waals surface area contributed by atoms with Gasteiger partial charge in [0.25, 0.3) is 0 Å². The van der Waals surface area contributed by atoms with E-state index in [0.717, 1.165) is 0 Å². The summed E-state index contributed by atoms with van der Waals surface area (Å²) in [5.74, 6) is 0. The fraction of sp³-hybridized carbons (Fsp3) is 0.222. The lowest BCUT2D eigenvalue weighted by molar-refractivity contribution is -0.207. The van der Waals surface area contributed by atoms with Crippen LogP contribution in [0.2, 0.25) is 5.02 Å². The molecule has 4 rings (SSSR count). The maximum Gasteiger partial charge on any atom is 0.416 e. The van der Waals surface area contributed by atoms with Crippen molar-refractivity contribution < 1.29 is 18.3 Å². The number of hydrogen-bond donors (Lipinski definition) is 2. The number of hydrogen-bond acceptors (Lipinski definition) is 4. The van der Waals surface area contributed by atoms with Crippen molar-refractivity contribution in [2.75, 3.05) is 0 Å². The summed E-state index contributed by atoms with van der Waals surface area (Å²) < 4.78 is 40.5. The Labute approximate surface area is 165 Å². The third kappa shape index (κ3) is 2.99. The van der Waals surface area contributed by atoms with Crippen molar-refractivity contribution in [1.29, 1.82) is 0 Å². The molecule has 0 aliphatic rings. The second-order valence-electron chi connectivity index (χ2n) is 6.34. The van der Waals surface area contributed by atoms with Crippen LogP contribution >= 0.6 is 22.9 Å². The quantitative estimate of drug-likeness (QED) is 0.506. The van der Waals surface area contributed by atoms with Crippen LogP contribution in [-0.4, -0.2) is 31.9 Å². The third-order valence-corrected chi connectivity index (χ3v) is 5.67. The highest BCUT2D eigenvalue weighted by atomic mass is 35.5. The molecule has 5 nitrogen and oxygen atoms in total. The van der Waals surface area contributed by atoms with E-state index in [1.165, 1.54) is 22.0 Å². The molecule has 4 aromatic rings. The first-order valence-corrected chi connectivity index (χ1v) is 9.43. The Morgan fingerprint density at radius 2 is 2.11 bits per heavy atom. The van der Waals surface area contributed by atoms with Crippen LogP contribution in [0.3, 0.4) is 0 Å². The van der Waals surface area contributed by atoms with E-state index < -0.39 is 18.8 Å². The summed E-state index contributed by atoms with van der Waals surface area (Å²) in [6.45, 7) is 1.08. The molecule has 2 N–H and O–H groups in total. The molecule has 0 aliphatic heterocycles. The zero-order valence-electron chi connectivity index (χ0n) is 14.3. The van der Waals surface area contributed by atoms with Crippen LogP contribution in [-0.2, 0) is 6.54 Å². The lowest BCUT2D eigenvalue weighted by Gasteiger charge is -2.18. The largest absolute Gasteiger partial charge is 0.416 e. The van der Waals surface area contributed by atoms with E-state index in [1.54, 1.807) is 30.6 Å². The molecule has 0 aliphatic carbocycles. The van der Waals surface area contributed by atoms with Gasteiger partial charge >= 0.3 is 6.18 Å². The molecule has 146 valence electrons. The number of alkyl halides is 3. The van der Waals surface area contributed by atoms with Gasteiger partial charge in [-0.3, -0.25) is 4.79 Å². The number of pyridine rings is 1. The van der Waals surface area contributed by atoms with E-state index in [-0.39, 0.29) is 10.6 Å². The number of fused-ring (bicyclic) bond motifs is 3. The molecule has 0 saturated carbocycles. The summed E-state index contributed by atoms with van der Waals surface area (Å²) in [7, 11) is 0. The van der Waals surface area contributed by atoms with E-state index in [0.29, 0.717) is 38.1 Å². The number of aromatic nitrogens is 3. The van der Waals surface area contributed by atoms with E-state index in [1.807, 2.05) is 0 Å². The number of aryl methyl sites for hydroxylation is 1. The minimum atomic E-state index is -4.76. The number of aliphatic hydroxyl groups excluding tert-OH is 1. The zero-order valence-corrected chi connectivity index (χ0v) is 15.9. The van der Waals surface area contributed by atoms with E-state index >= 15 is 0 Å². The van der Waals surface area contributed by atoms with Gasteiger partial charge in [0, 0.05) is 33.9 Å².